The van der Waals surface area contributed by atoms with Crippen molar-refractivity contribution in [2.24, 2.45) is 4.99 Å². The quantitative estimate of drug-likeness (QED) is 0.426. The molecule has 0 saturated carbocycles. The van der Waals surface area contributed by atoms with Gasteiger partial charge in [-0.05, 0) is 37.6 Å². The van der Waals surface area contributed by atoms with Crippen molar-refractivity contribution in [3.8, 4) is 11.4 Å². The highest BCUT2D eigenvalue weighted by molar-refractivity contribution is 5.66. The maximum atomic E-state index is 14.4. The molecule has 0 radical (unpaired) electrons. The molecule has 1 aromatic heterocycles. The molecule has 0 aliphatic heterocycles. The molecule has 2 aromatic carbocycles. The Bertz CT molecular complexity index is 1100. The Hall–Kier alpha value is -3.33. The van der Waals surface area contributed by atoms with E-state index in [1.165, 1.54) is 30.1 Å². The van der Waals surface area contributed by atoms with Crippen molar-refractivity contribution >= 4 is 12.0 Å². The van der Waals surface area contributed by atoms with Gasteiger partial charge in [-0.1, -0.05) is 18.2 Å². The molecular formula is C23H25F3N4O2. The number of methoxy groups -OCH3 is 1. The molecule has 1 unspecified atom stereocenters. The fraction of sp³-hybridized carbons (Fsp3) is 0.304. The molecule has 9 heteroatoms. The molecule has 0 spiro atoms. The molecule has 1 N–H and O–H groups in total. The fourth-order valence-electron chi connectivity index (χ4n) is 3.21. The number of halogens is 3. The minimum Gasteiger partial charge on any atom is -0.496 e. The Labute approximate surface area is 184 Å². The lowest BCUT2D eigenvalue weighted by molar-refractivity contribution is -0.248. The Morgan fingerprint density at radius 1 is 1.22 bits per heavy atom. The van der Waals surface area contributed by atoms with Crippen LogP contribution in [0.1, 0.15) is 23.6 Å². The lowest BCUT2D eigenvalue weighted by atomic mass is 9.85. The van der Waals surface area contributed by atoms with Gasteiger partial charge in [0.1, 0.15) is 5.75 Å². The summed E-state index contributed by atoms with van der Waals surface area (Å²) in [6.45, 7) is 4.30. The number of nitrogens with zero attached hydrogens (tertiary/aromatic N) is 4. The predicted octanol–water partition coefficient (Wildman–Crippen LogP) is 4.60. The van der Waals surface area contributed by atoms with Gasteiger partial charge in [-0.2, -0.15) is 18.3 Å². The summed E-state index contributed by atoms with van der Waals surface area (Å²) in [5.74, 6) is -0.130. The number of ether oxygens (including phenoxy) is 1. The Balaban J connectivity index is 2.15. The van der Waals surface area contributed by atoms with Crippen molar-refractivity contribution in [3.05, 3.63) is 71.5 Å². The average molecular weight is 446 g/mol. The van der Waals surface area contributed by atoms with Crippen LogP contribution in [0.3, 0.4) is 0 Å². The van der Waals surface area contributed by atoms with Gasteiger partial charge in [0.2, 0.25) is 5.60 Å². The zero-order valence-corrected chi connectivity index (χ0v) is 18.3. The molecule has 3 aromatic rings. The van der Waals surface area contributed by atoms with Crippen molar-refractivity contribution in [2.45, 2.75) is 25.6 Å². The molecule has 6 nitrogen and oxygen atoms in total. The first-order valence-corrected chi connectivity index (χ1v) is 9.95. The van der Waals surface area contributed by atoms with Gasteiger partial charge in [0, 0.05) is 37.0 Å². The second-order valence-corrected chi connectivity index (χ2v) is 7.37. The minimum absolute atomic E-state index is 0.130. The number of rotatable bonds is 7. The number of aliphatic imine (C=N–C) groups is 1. The monoisotopic (exact) mass is 446 g/mol. The number of alkyl halides is 3. The molecule has 0 aliphatic carbocycles. The Kier molecular flexibility index (Phi) is 6.59. The van der Waals surface area contributed by atoms with Crippen molar-refractivity contribution in [1.82, 2.24) is 14.7 Å². The summed E-state index contributed by atoms with van der Waals surface area (Å²) < 4.78 is 49.6. The number of aryl methyl sites for hydroxylation is 1. The summed E-state index contributed by atoms with van der Waals surface area (Å²) in [5, 5.41) is 15.2. The molecule has 170 valence electrons. The lowest BCUT2D eigenvalue weighted by Crippen LogP contribution is -2.43. The van der Waals surface area contributed by atoms with Gasteiger partial charge in [0.15, 0.2) is 0 Å². The van der Waals surface area contributed by atoms with E-state index in [4.69, 9.17) is 4.74 Å². The molecule has 1 heterocycles. The number of hydrogen-bond donors (Lipinski definition) is 1. The van der Waals surface area contributed by atoms with Crippen LogP contribution in [0.25, 0.3) is 5.69 Å². The number of para-hydroxylation sites is 1. The predicted molar refractivity (Wildman–Crippen MR) is 117 cm³/mol. The van der Waals surface area contributed by atoms with E-state index in [9.17, 15) is 18.3 Å². The first-order chi connectivity index (χ1) is 15.1. The van der Waals surface area contributed by atoms with E-state index in [0.29, 0.717) is 16.9 Å². The van der Waals surface area contributed by atoms with Crippen LogP contribution in [0.4, 0.5) is 18.9 Å². The fourth-order valence-corrected chi connectivity index (χ4v) is 3.21. The van der Waals surface area contributed by atoms with Gasteiger partial charge in [0.05, 0.1) is 31.0 Å². The molecule has 0 saturated heterocycles. The first kappa shape index (κ1) is 23.3. The van der Waals surface area contributed by atoms with Gasteiger partial charge in [-0.25, -0.2) is 9.67 Å². The van der Waals surface area contributed by atoms with Crippen LogP contribution in [0.15, 0.2) is 59.9 Å². The molecular weight excluding hydrogens is 421 g/mol. The highest BCUT2D eigenvalue weighted by Gasteiger charge is 2.58. The largest absolute Gasteiger partial charge is 0.496 e. The van der Waals surface area contributed by atoms with E-state index in [1.807, 2.05) is 18.9 Å². The average Bonchev–Trinajstić information content (AvgIpc) is 3.27. The standard InChI is InChI=1S/C23H25F3N4O2/c1-5-29(3)15-27-20-12-21(32-4)19(11-16(20)2)22(31,23(24,25)26)17-13-28-30(14-17)18-9-7-6-8-10-18/h6-15,31H,5H2,1-4H3/b27-15+. The van der Waals surface area contributed by atoms with Gasteiger partial charge >= 0.3 is 6.18 Å². The molecule has 0 aliphatic rings. The van der Waals surface area contributed by atoms with E-state index in [-0.39, 0.29) is 5.75 Å². The lowest BCUT2D eigenvalue weighted by Gasteiger charge is -2.31. The van der Waals surface area contributed by atoms with E-state index >= 15 is 0 Å². The molecule has 1 atom stereocenters. The van der Waals surface area contributed by atoms with Crippen LogP contribution in [0, 0.1) is 6.92 Å². The number of hydrogen-bond acceptors (Lipinski definition) is 4. The third-order valence-electron chi connectivity index (χ3n) is 5.23. The Morgan fingerprint density at radius 2 is 1.91 bits per heavy atom. The number of benzene rings is 2. The zero-order chi connectivity index (χ0) is 23.5. The summed E-state index contributed by atoms with van der Waals surface area (Å²) in [7, 11) is 3.08. The second kappa shape index (κ2) is 9.04. The van der Waals surface area contributed by atoms with E-state index < -0.39 is 22.9 Å². The van der Waals surface area contributed by atoms with Crippen LogP contribution in [-0.4, -0.2) is 53.0 Å². The summed E-state index contributed by atoms with van der Waals surface area (Å²) in [6.07, 6.45) is -1.27. The maximum absolute atomic E-state index is 14.4. The summed E-state index contributed by atoms with van der Waals surface area (Å²) in [6, 6.07) is 11.3. The number of aliphatic hydroxyl groups is 1. The van der Waals surface area contributed by atoms with Gasteiger partial charge < -0.3 is 14.7 Å². The normalized spacial score (nSPS) is 13.9. The van der Waals surface area contributed by atoms with Gasteiger partial charge in [-0.3, -0.25) is 0 Å². The maximum Gasteiger partial charge on any atom is 0.426 e. The van der Waals surface area contributed by atoms with Crippen LogP contribution in [0.2, 0.25) is 0 Å². The van der Waals surface area contributed by atoms with Crippen molar-refractivity contribution in [1.29, 1.82) is 0 Å². The van der Waals surface area contributed by atoms with Crippen molar-refractivity contribution in [3.63, 3.8) is 0 Å². The van der Waals surface area contributed by atoms with Gasteiger partial charge in [0.25, 0.3) is 0 Å². The number of aromatic nitrogens is 2. The van der Waals surface area contributed by atoms with Crippen LogP contribution < -0.4 is 4.74 Å². The topological polar surface area (TPSA) is 62.9 Å². The second-order valence-electron chi connectivity index (χ2n) is 7.37. The molecule has 0 bridgehead atoms. The summed E-state index contributed by atoms with van der Waals surface area (Å²) in [5.41, 5.74) is -2.72. The van der Waals surface area contributed by atoms with Crippen LogP contribution >= 0.6 is 0 Å². The highest BCUT2D eigenvalue weighted by Crippen LogP contribution is 2.48. The molecule has 3 rings (SSSR count). The zero-order valence-electron chi connectivity index (χ0n) is 18.3. The minimum atomic E-state index is -5.04. The summed E-state index contributed by atoms with van der Waals surface area (Å²) in [4.78, 5) is 6.15. The van der Waals surface area contributed by atoms with E-state index in [0.717, 1.165) is 12.7 Å². The third-order valence-corrected chi connectivity index (χ3v) is 5.23. The van der Waals surface area contributed by atoms with Crippen LogP contribution in [0.5, 0.6) is 5.75 Å². The molecule has 0 fully saturated rings. The van der Waals surface area contributed by atoms with Crippen molar-refractivity contribution < 1.29 is 23.0 Å². The summed E-state index contributed by atoms with van der Waals surface area (Å²) >= 11 is 0. The Morgan fingerprint density at radius 3 is 2.50 bits per heavy atom. The highest BCUT2D eigenvalue weighted by atomic mass is 19.4. The molecule has 0 amide bonds. The smallest absolute Gasteiger partial charge is 0.426 e. The third kappa shape index (κ3) is 4.34. The van der Waals surface area contributed by atoms with Crippen LogP contribution in [-0.2, 0) is 5.60 Å². The SMILES string of the molecule is CCN(C)/C=N/c1cc(OC)c(C(O)(c2cnn(-c3ccccc3)c2)C(F)(F)F)cc1C. The van der Waals surface area contributed by atoms with E-state index in [1.54, 1.807) is 43.6 Å². The van der Waals surface area contributed by atoms with Gasteiger partial charge in [-0.15, -0.1) is 0 Å². The first-order valence-electron chi connectivity index (χ1n) is 9.95. The van der Waals surface area contributed by atoms with E-state index in [2.05, 4.69) is 10.1 Å². The van der Waals surface area contributed by atoms with Crippen molar-refractivity contribution in [2.75, 3.05) is 20.7 Å². The molecule has 32 heavy (non-hydrogen) atoms.